The molecule has 0 amide bonds. The van der Waals surface area contributed by atoms with Crippen LogP contribution in [0.15, 0.2) is 0 Å². The average molecular weight is 230 g/mol. The molecule has 0 saturated heterocycles. The SMILES string of the molecule is CCSCC(NN)C1CCC(C)C(C)C1. The molecule has 0 aliphatic heterocycles. The fourth-order valence-corrected chi connectivity index (χ4v) is 3.38. The van der Waals surface area contributed by atoms with E-state index in [1.807, 2.05) is 11.8 Å². The van der Waals surface area contributed by atoms with E-state index in [4.69, 9.17) is 5.84 Å². The van der Waals surface area contributed by atoms with Crippen molar-refractivity contribution in [2.45, 2.75) is 46.1 Å². The number of hydrazine groups is 1. The van der Waals surface area contributed by atoms with E-state index in [-0.39, 0.29) is 0 Å². The van der Waals surface area contributed by atoms with E-state index in [1.165, 1.54) is 30.8 Å². The third-order valence-corrected chi connectivity index (χ3v) is 4.93. The molecule has 1 fully saturated rings. The molecule has 90 valence electrons. The topological polar surface area (TPSA) is 38.0 Å². The highest BCUT2D eigenvalue weighted by atomic mass is 32.2. The molecular weight excluding hydrogens is 204 g/mol. The lowest BCUT2D eigenvalue weighted by Gasteiger charge is -2.36. The molecule has 0 aromatic heterocycles. The minimum absolute atomic E-state index is 0.518. The zero-order chi connectivity index (χ0) is 11.3. The second-order valence-corrected chi connectivity index (χ2v) is 6.28. The van der Waals surface area contributed by atoms with Crippen LogP contribution in [0.3, 0.4) is 0 Å². The van der Waals surface area contributed by atoms with Crippen LogP contribution < -0.4 is 11.3 Å². The van der Waals surface area contributed by atoms with Crippen LogP contribution in [0.1, 0.15) is 40.0 Å². The second-order valence-electron chi connectivity index (χ2n) is 4.96. The lowest BCUT2D eigenvalue weighted by molar-refractivity contribution is 0.179. The predicted molar refractivity (Wildman–Crippen MR) is 69.8 cm³/mol. The zero-order valence-corrected chi connectivity index (χ0v) is 11.1. The van der Waals surface area contributed by atoms with Crippen LogP contribution in [0.5, 0.6) is 0 Å². The normalized spacial score (nSPS) is 34.0. The van der Waals surface area contributed by atoms with Gasteiger partial charge in [0.1, 0.15) is 0 Å². The minimum Gasteiger partial charge on any atom is -0.271 e. The molecule has 0 heterocycles. The summed E-state index contributed by atoms with van der Waals surface area (Å²) < 4.78 is 0. The van der Waals surface area contributed by atoms with Crippen LogP contribution in [0.4, 0.5) is 0 Å². The molecule has 0 bridgehead atoms. The summed E-state index contributed by atoms with van der Waals surface area (Å²) in [6.45, 7) is 6.98. The van der Waals surface area contributed by atoms with Crippen molar-refractivity contribution in [2.24, 2.45) is 23.6 Å². The smallest absolute Gasteiger partial charge is 0.0329 e. The summed E-state index contributed by atoms with van der Waals surface area (Å²) in [7, 11) is 0. The van der Waals surface area contributed by atoms with Crippen LogP contribution >= 0.6 is 11.8 Å². The molecule has 4 unspecified atom stereocenters. The number of hydrogen-bond acceptors (Lipinski definition) is 3. The largest absolute Gasteiger partial charge is 0.271 e. The fraction of sp³-hybridized carbons (Fsp3) is 1.00. The first-order valence-corrected chi connectivity index (χ1v) is 7.38. The summed E-state index contributed by atoms with van der Waals surface area (Å²) in [5.41, 5.74) is 3.02. The van der Waals surface area contributed by atoms with Gasteiger partial charge in [-0.05, 0) is 36.3 Å². The van der Waals surface area contributed by atoms with Crippen molar-refractivity contribution >= 4 is 11.8 Å². The van der Waals surface area contributed by atoms with E-state index in [0.29, 0.717) is 6.04 Å². The van der Waals surface area contributed by atoms with Gasteiger partial charge < -0.3 is 0 Å². The summed E-state index contributed by atoms with van der Waals surface area (Å²) in [5.74, 6) is 10.6. The third-order valence-electron chi connectivity index (χ3n) is 3.92. The molecule has 4 atom stereocenters. The Labute approximate surface area is 98.7 Å². The van der Waals surface area contributed by atoms with E-state index in [9.17, 15) is 0 Å². The molecule has 0 spiro atoms. The van der Waals surface area contributed by atoms with Crippen LogP contribution in [-0.2, 0) is 0 Å². The van der Waals surface area contributed by atoms with Gasteiger partial charge in [0.15, 0.2) is 0 Å². The molecule has 1 aliphatic carbocycles. The monoisotopic (exact) mass is 230 g/mol. The number of thioether (sulfide) groups is 1. The summed E-state index contributed by atoms with van der Waals surface area (Å²) in [4.78, 5) is 0. The summed E-state index contributed by atoms with van der Waals surface area (Å²) >= 11 is 1.99. The molecule has 0 radical (unpaired) electrons. The van der Waals surface area contributed by atoms with E-state index in [0.717, 1.165) is 17.8 Å². The lowest BCUT2D eigenvalue weighted by Crippen LogP contribution is -2.45. The van der Waals surface area contributed by atoms with E-state index in [2.05, 4.69) is 26.2 Å². The van der Waals surface area contributed by atoms with Crippen molar-refractivity contribution in [2.75, 3.05) is 11.5 Å². The third kappa shape index (κ3) is 3.97. The van der Waals surface area contributed by atoms with Crippen LogP contribution in [0.25, 0.3) is 0 Å². The Kier molecular flexibility index (Phi) is 6.02. The average Bonchev–Trinajstić information content (AvgIpc) is 2.24. The molecule has 1 saturated carbocycles. The molecule has 1 aliphatic rings. The maximum atomic E-state index is 5.66. The number of rotatable bonds is 5. The van der Waals surface area contributed by atoms with Gasteiger partial charge in [-0.1, -0.05) is 27.2 Å². The van der Waals surface area contributed by atoms with Crippen molar-refractivity contribution < 1.29 is 0 Å². The second kappa shape index (κ2) is 6.77. The van der Waals surface area contributed by atoms with Crippen molar-refractivity contribution in [3.63, 3.8) is 0 Å². The van der Waals surface area contributed by atoms with Gasteiger partial charge in [0.25, 0.3) is 0 Å². The van der Waals surface area contributed by atoms with Gasteiger partial charge in [-0.25, -0.2) is 0 Å². The standard InChI is InChI=1S/C12H26N2S/c1-4-15-8-12(14-13)11-6-5-9(2)10(3)7-11/h9-12,14H,4-8,13H2,1-3H3. The fourth-order valence-electron chi connectivity index (χ4n) is 2.52. The quantitative estimate of drug-likeness (QED) is 0.563. The Morgan fingerprint density at radius 3 is 2.60 bits per heavy atom. The van der Waals surface area contributed by atoms with Gasteiger partial charge in [0.2, 0.25) is 0 Å². The maximum absolute atomic E-state index is 5.66. The molecule has 3 N–H and O–H groups in total. The van der Waals surface area contributed by atoms with Gasteiger partial charge in [-0.15, -0.1) is 0 Å². The first-order valence-electron chi connectivity index (χ1n) is 6.22. The van der Waals surface area contributed by atoms with Crippen molar-refractivity contribution in [3.05, 3.63) is 0 Å². The molecule has 3 heteroatoms. The molecule has 0 aromatic rings. The summed E-state index contributed by atoms with van der Waals surface area (Å²) in [6, 6.07) is 0.518. The van der Waals surface area contributed by atoms with Gasteiger partial charge >= 0.3 is 0 Å². The van der Waals surface area contributed by atoms with Crippen molar-refractivity contribution in [1.82, 2.24) is 5.43 Å². The van der Waals surface area contributed by atoms with Crippen molar-refractivity contribution in [3.8, 4) is 0 Å². The molecule has 15 heavy (non-hydrogen) atoms. The number of nitrogens with two attached hydrogens (primary N) is 1. The van der Waals surface area contributed by atoms with E-state index in [1.54, 1.807) is 0 Å². The Morgan fingerprint density at radius 1 is 1.33 bits per heavy atom. The number of hydrogen-bond donors (Lipinski definition) is 2. The van der Waals surface area contributed by atoms with E-state index < -0.39 is 0 Å². The van der Waals surface area contributed by atoms with Gasteiger partial charge in [-0.3, -0.25) is 11.3 Å². The highest BCUT2D eigenvalue weighted by Crippen LogP contribution is 2.35. The lowest BCUT2D eigenvalue weighted by atomic mass is 9.73. The van der Waals surface area contributed by atoms with Gasteiger partial charge in [0, 0.05) is 11.8 Å². The Hall–Kier alpha value is 0.270. The van der Waals surface area contributed by atoms with Crippen LogP contribution in [0.2, 0.25) is 0 Å². The highest BCUT2D eigenvalue weighted by molar-refractivity contribution is 7.99. The van der Waals surface area contributed by atoms with Crippen LogP contribution in [-0.4, -0.2) is 17.5 Å². The van der Waals surface area contributed by atoms with Crippen LogP contribution in [0, 0.1) is 17.8 Å². The van der Waals surface area contributed by atoms with E-state index >= 15 is 0 Å². The zero-order valence-electron chi connectivity index (χ0n) is 10.3. The summed E-state index contributed by atoms with van der Waals surface area (Å²) in [6.07, 6.45) is 4.08. The Morgan fingerprint density at radius 2 is 2.07 bits per heavy atom. The molecule has 1 rings (SSSR count). The first kappa shape index (κ1) is 13.3. The first-order chi connectivity index (χ1) is 7.19. The molecule has 2 nitrogen and oxygen atoms in total. The van der Waals surface area contributed by atoms with Crippen molar-refractivity contribution in [1.29, 1.82) is 0 Å². The van der Waals surface area contributed by atoms with Gasteiger partial charge in [0.05, 0.1) is 0 Å². The maximum Gasteiger partial charge on any atom is 0.0329 e. The molecule has 0 aromatic carbocycles. The minimum atomic E-state index is 0.518. The molecular formula is C12H26N2S. The summed E-state index contributed by atoms with van der Waals surface area (Å²) in [5, 5.41) is 0. The van der Waals surface area contributed by atoms with Gasteiger partial charge in [-0.2, -0.15) is 11.8 Å². The highest BCUT2D eigenvalue weighted by Gasteiger charge is 2.29. The predicted octanol–water partition coefficient (Wildman–Crippen LogP) is 2.64. The number of nitrogens with one attached hydrogen (secondary N) is 1. The Bertz CT molecular complexity index is 175. The Balaban J connectivity index is 2.39.